The van der Waals surface area contributed by atoms with Crippen LogP contribution in [0.3, 0.4) is 0 Å². The first-order chi connectivity index (χ1) is 5.15. The molecule has 0 radical (unpaired) electrons. The van der Waals surface area contributed by atoms with Crippen molar-refractivity contribution in [2.24, 2.45) is 0 Å². The third-order valence-electron chi connectivity index (χ3n) is 1.63. The molecule has 0 heterocycles. The summed E-state index contributed by atoms with van der Waals surface area (Å²) in [7, 11) is 0. The van der Waals surface area contributed by atoms with Crippen LogP contribution in [0.1, 0.15) is 16.7 Å². The first-order valence-electron chi connectivity index (χ1n) is 3.52. The Morgan fingerprint density at radius 3 is 1.91 bits per heavy atom. The van der Waals surface area contributed by atoms with E-state index < -0.39 is 0 Å². The Hall–Kier alpha value is -0.391. The SMILES string of the molecule is [CH2]=[Cu][c]1c(C)cc(C)cc1C. The van der Waals surface area contributed by atoms with Crippen molar-refractivity contribution in [1.29, 1.82) is 0 Å². The number of hydrogen-bond acceptors (Lipinski definition) is 0. The van der Waals surface area contributed by atoms with Gasteiger partial charge in [0.25, 0.3) is 0 Å². The molecular formula is C10H13Cu. The molecule has 64 valence electrons. The summed E-state index contributed by atoms with van der Waals surface area (Å²) in [6.07, 6.45) is 0. The van der Waals surface area contributed by atoms with E-state index in [1.54, 1.807) is 14.5 Å². The van der Waals surface area contributed by atoms with E-state index in [2.05, 4.69) is 38.3 Å². The van der Waals surface area contributed by atoms with Gasteiger partial charge in [0.1, 0.15) is 0 Å². The van der Waals surface area contributed by atoms with Crippen LogP contribution in [0.25, 0.3) is 0 Å². The maximum atomic E-state index is 3.81. The predicted octanol–water partition coefficient (Wildman–Crippen LogP) is 1.75. The minimum absolute atomic E-state index is 1.30. The molecule has 1 heteroatoms. The molecule has 0 N–H and O–H groups in total. The first-order valence-corrected chi connectivity index (χ1v) is 4.66. The van der Waals surface area contributed by atoms with Gasteiger partial charge in [-0.2, -0.15) is 0 Å². The summed E-state index contributed by atoms with van der Waals surface area (Å²) in [6.45, 7) is 6.38. The fourth-order valence-electron chi connectivity index (χ4n) is 1.32. The van der Waals surface area contributed by atoms with Crippen LogP contribution in [-0.4, -0.2) is 5.42 Å². The molecule has 1 aromatic rings. The van der Waals surface area contributed by atoms with E-state index in [4.69, 9.17) is 0 Å². The Balaban J connectivity index is 3.36. The van der Waals surface area contributed by atoms with Gasteiger partial charge >= 0.3 is 74.0 Å². The quantitative estimate of drug-likeness (QED) is 0.601. The van der Waals surface area contributed by atoms with Crippen molar-refractivity contribution in [3.05, 3.63) is 28.8 Å². The van der Waals surface area contributed by atoms with Gasteiger partial charge in [-0.15, -0.1) is 0 Å². The van der Waals surface area contributed by atoms with Crippen LogP contribution >= 0.6 is 0 Å². The fourth-order valence-corrected chi connectivity index (χ4v) is 1.98. The Kier molecular flexibility index (Phi) is 2.64. The Bertz CT molecular complexity index is 264. The third kappa shape index (κ3) is 1.79. The normalized spacial score (nSPS) is 10.5. The minimum atomic E-state index is 1.30. The van der Waals surface area contributed by atoms with Crippen molar-refractivity contribution in [3.8, 4) is 0 Å². The average Bonchev–Trinajstić information content (AvgIpc) is 1.85. The Labute approximate surface area is 74.3 Å². The molecule has 0 saturated carbocycles. The van der Waals surface area contributed by atoms with E-state index >= 15 is 0 Å². The van der Waals surface area contributed by atoms with E-state index in [1.165, 1.54) is 21.2 Å². The van der Waals surface area contributed by atoms with E-state index in [0.29, 0.717) is 0 Å². The molecule has 0 bridgehead atoms. The number of aryl methyl sites for hydroxylation is 3. The van der Waals surface area contributed by atoms with Gasteiger partial charge in [-0.25, -0.2) is 0 Å². The van der Waals surface area contributed by atoms with Crippen molar-refractivity contribution >= 4 is 9.89 Å². The predicted molar refractivity (Wildman–Crippen MR) is 47.4 cm³/mol. The van der Waals surface area contributed by atoms with Gasteiger partial charge in [0.05, 0.1) is 0 Å². The number of benzene rings is 1. The zero-order valence-corrected chi connectivity index (χ0v) is 8.10. The van der Waals surface area contributed by atoms with Gasteiger partial charge in [0.2, 0.25) is 0 Å². The molecule has 0 aromatic heterocycles. The van der Waals surface area contributed by atoms with Crippen LogP contribution < -0.4 is 4.46 Å². The summed E-state index contributed by atoms with van der Waals surface area (Å²) < 4.78 is 1.30. The van der Waals surface area contributed by atoms with Crippen molar-refractivity contribution in [2.75, 3.05) is 0 Å². The van der Waals surface area contributed by atoms with Gasteiger partial charge in [-0.3, -0.25) is 0 Å². The van der Waals surface area contributed by atoms with Crippen LogP contribution in [-0.2, 0) is 14.5 Å². The molecule has 0 atom stereocenters. The Morgan fingerprint density at radius 2 is 1.55 bits per heavy atom. The van der Waals surface area contributed by atoms with Gasteiger partial charge in [0.15, 0.2) is 0 Å². The first kappa shape index (κ1) is 8.70. The van der Waals surface area contributed by atoms with Crippen LogP contribution in [0, 0.1) is 20.8 Å². The van der Waals surface area contributed by atoms with Crippen LogP contribution in [0.15, 0.2) is 12.1 Å². The summed E-state index contributed by atoms with van der Waals surface area (Å²) in [4.78, 5) is 0. The summed E-state index contributed by atoms with van der Waals surface area (Å²) in [6, 6.07) is 4.38. The zero-order valence-electron chi connectivity index (χ0n) is 7.16. The second-order valence-electron chi connectivity index (χ2n) is 2.78. The van der Waals surface area contributed by atoms with Crippen LogP contribution in [0.4, 0.5) is 0 Å². The van der Waals surface area contributed by atoms with Crippen molar-refractivity contribution in [2.45, 2.75) is 20.8 Å². The molecule has 0 aliphatic carbocycles. The summed E-state index contributed by atoms with van der Waals surface area (Å²) >= 11 is 1.67. The second kappa shape index (κ2) is 3.34. The standard InChI is InChI=1S/C9H11.CH2.Cu/c1-7-4-8(2)6-9(3)5-7;;/h4-5H,1-3H3;1H2;. The zero-order chi connectivity index (χ0) is 8.43. The molecule has 11 heavy (non-hydrogen) atoms. The van der Waals surface area contributed by atoms with Crippen LogP contribution in [0.5, 0.6) is 0 Å². The fraction of sp³-hybridized carbons (Fsp3) is 0.300. The van der Waals surface area contributed by atoms with Crippen molar-refractivity contribution in [1.82, 2.24) is 0 Å². The summed E-state index contributed by atoms with van der Waals surface area (Å²) in [5.74, 6) is 0. The van der Waals surface area contributed by atoms with Gasteiger partial charge in [-0.05, 0) is 0 Å². The van der Waals surface area contributed by atoms with Crippen molar-refractivity contribution in [3.63, 3.8) is 0 Å². The van der Waals surface area contributed by atoms with E-state index in [-0.39, 0.29) is 0 Å². The van der Waals surface area contributed by atoms with E-state index in [0.717, 1.165) is 0 Å². The average molecular weight is 197 g/mol. The van der Waals surface area contributed by atoms with Crippen molar-refractivity contribution < 1.29 is 14.5 Å². The summed E-state index contributed by atoms with van der Waals surface area (Å²) in [5.41, 5.74) is 7.81. The Morgan fingerprint density at radius 1 is 1.09 bits per heavy atom. The number of rotatable bonds is 1. The maximum absolute atomic E-state index is 3.81. The molecule has 0 amide bonds. The molecule has 0 aliphatic heterocycles. The van der Waals surface area contributed by atoms with E-state index in [1.807, 2.05) is 0 Å². The third-order valence-corrected chi connectivity index (χ3v) is 2.70. The molecule has 0 fully saturated rings. The van der Waals surface area contributed by atoms with Gasteiger partial charge in [-0.1, -0.05) is 0 Å². The van der Waals surface area contributed by atoms with Gasteiger partial charge in [0, 0.05) is 0 Å². The molecule has 0 unspecified atom stereocenters. The molecule has 0 spiro atoms. The van der Waals surface area contributed by atoms with Crippen LogP contribution in [0.2, 0.25) is 0 Å². The van der Waals surface area contributed by atoms with E-state index in [9.17, 15) is 0 Å². The monoisotopic (exact) mass is 196 g/mol. The molecule has 1 aromatic carbocycles. The summed E-state index contributed by atoms with van der Waals surface area (Å²) in [5, 5.41) is 0. The number of hydrogen-bond donors (Lipinski definition) is 0. The van der Waals surface area contributed by atoms with Gasteiger partial charge < -0.3 is 0 Å². The molecule has 0 saturated heterocycles. The molecule has 0 nitrogen and oxygen atoms in total. The topological polar surface area (TPSA) is 0 Å². The molecule has 0 aliphatic rings. The molecular weight excluding hydrogens is 184 g/mol. The molecule has 1 rings (SSSR count). The second-order valence-corrected chi connectivity index (χ2v) is 3.58.